The Hall–Kier alpha value is -4.08. The molecule has 0 bridgehead atoms. The number of aryl methyl sites for hydroxylation is 2. The van der Waals surface area contributed by atoms with E-state index in [1.807, 2.05) is 0 Å². The zero-order valence-electron chi connectivity index (χ0n) is 18.5. The lowest BCUT2D eigenvalue weighted by molar-refractivity contribution is -0.137. The molecule has 2 N–H and O–H groups in total. The van der Waals surface area contributed by atoms with Gasteiger partial charge in [0, 0.05) is 22.5 Å². The van der Waals surface area contributed by atoms with Crippen LogP contribution >= 0.6 is 0 Å². The van der Waals surface area contributed by atoms with E-state index < -0.39 is 36.1 Å². The lowest BCUT2D eigenvalue weighted by Gasteiger charge is -2.11. The Bertz CT molecular complexity index is 1250. The summed E-state index contributed by atoms with van der Waals surface area (Å²) in [5.41, 5.74) is 0.315. The summed E-state index contributed by atoms with van der Waals surface area (Å²) in [6, 6.07) is 10.0. The summed E-state index contributed by atoms with van der Waals surface area (Å²) in [7, 11) is 0. The highest BCUT2D eigenvalue weighted by Gasteiger charge is 2.30. The van der Waals surface area contributed by atoms with Crippen LogP contribution in [0.4, 0.5) is 24.5 Å². The van der Waals surface area contributed by atoms with E-state index >= 15 is 0 Å². The van der Waals surface area contributed by atoms with E-state index in [-0.39, 0.29) is 22.5 Å². The Morgan fingerprint density at radius 3 is 2.18 bits per heavy atom. The predicted molar refractivity (Wildman–Crippen MR) is 118 cm³/mol. The van der Waals surface area contributed by atoms with Gasteiger partial charge in [0.15, 0.2) is 6.61 Å². The van der Waals surface area contributed by atoms with Gasteiger partial charge in [-0.05, 0) is 57.2 Å². The summed E-state index contributed by atoms with van der Waals surface area (Å²) < 4.78 is 49.0. The molecule has 0 saturated carbocycles. The Labute approximate surface area is 192 Å². The van der Waals surface area contributed by atoms with Crippen molar-refractivity contribution in [3.63, 3.8) is 0 Å². The van der Waals surface area contributed by atoms with Crippen molar-refractivity contribution in [2.24, 2.45) is 0 Å². The number of halogens is 3. The Morgan fingerprint density at radius 1 is 0.912 bits per heavy atom. The van der Waals surface area contributed by atoms with Gasteiger partial charge in [0.2, 0.25) is 0 Å². The Morgan fingerprint density at radius 2 is 1.56 bits per heavy atom. The molecule has 0 atom stereocenters. The van der Waals surface area contributed by atoms with Crippen molar-refractivity contribution in [2.75, 3.05) is 17.2 Å². The minimum Gasteiger partial charge on any atom is -0.465 e. The molecular weight excluding hydrogens is 453 g/mol. The van der Waals surface area contributed by atoms with Crippen LogP contribution in [0.15, 0.2) is 52.9 Å². The molecule has 2 aromatic carbocycles. The number of hydrogen-bond donors (Lipinski definition) is 2. The van der Waals surface area contributed by atoms with Crippen LogP contribution < -0.4 is 10.6 Å². The second-order valence-electron chi connectivity index (χ2n) is 7.45. The maximum Gasteiger partial charge on any atom is 0.416 e. The third-order valence-electron chi connectivity index (χ3n) is 4.96. The lowest BCUT2D eigenvalue weighted by atomic mass is 10.1. The summed E-state index contributed by atoms with van der Waals surface area (Å²) in [5, 5.41) is 4.90. The smallest absolute Gasteiger partial charge is 0.416 e. The highest BCUT2D eigenvalue weighted by Crippen LogP contribution is 2.30. The number of amides is 2. The highest BCUT2D eigenvalue weighted by molar-refractivity contribution is 6.05. The summed E-state index contributed by atoms with van der Waals surface area (Å²) in [4.78, 5) is 36.9. The van der Waals surface area contributed by atoms with Crippen molar-refractivity contribution in [1.29, 1.82) is 0 Å². The number of hydrogen-bond acceptors (Lipinski definition) is 5. The van der Waals surface area contributed by atoms with Gasteiger partial charge in [-0.2, -0.15) is 13.2 Å². The van der Waals surface area contributed by atoms with Crippen LogP contribution in [0.1, 0.15) is 43.4 Å². The Kier molecular flexibility index (Phi) is 7.09. The minimum absolute atomic E-state index is 0.0266. The van der Waals surface area contributed by atoms with E-state index in [0.29, 0.717) is 17.1 Å². The normalized spacial score (nSPS) is 11.1. The molecule has 0 fully saturated rings. The fourth-order valence-electron chi connectivity index (χ4n) is 3.21. The molecule has 0 radical (unpaired) electrons. The average molecular weight is 474 g/mol. The molecule has 34 heavy (non-hydrogen) atoms. The van der Waals surface area contributed by atoms with Gasteiger partial charge in [-0.1, -0.05) is 12.1 Å². The number of ether oxygens (including phenoxy) is 1. The third-order valence-corrected chi connectivity index (χ3v) is 4.96. The monoisotopic (exact) mass is 474 g/mol. The van der Waals surface area contributed by atoms with Gasteiger partial charge in [0.25, 0.3) is 11.8 Å². The zero-order chi connectivity index (χ0) is 25.0. The van der Waals surface area contributed by atoms with Crippen LogP contribution in [0.2, 0.25) is 0 Å². The molecule has 0 aliphatic rings. The fourth-order valence-corrected chi connectivity index (χ4v) is 3.21. The van der Waals surface area contributed by atoms with Crippen molar-refractivity contribution in [3.05, 3.63) is 82.3 Å². The van der Waals surface area contributed by atoms with Gasteiger partial charge in [-0.15, -0.1) is 0 Å². The second kappa shape index (κ2) is 9.82. The van der Waals surface area contributed by atoms with Gasteiger partial charge in [0.05, 0.1) is 5.56 Å². The van der Waals surface area contributed by atoms with Gasteiger partial charge in [-0.3, -0.25) is 9.59 Å². The second-order valence-corrected chi connectivity index (χ2v) is 7.45. The van der Waals surface area contributed by atoms with Crippen molar-refractivity contribution < 1.29 is 36.7 Å². The molecule has 2 amide bonds. The first-order valence-electron chi connectivity index (χ1n) is 10.1. The predicted octanol–water partition coefficient (Wildman–Crippen LogP) is 5.27. The van der Waals surface area contributed by atoms with Crippen LogP contribution in [0.3, 0.4) is 0 Å². The number of esters is 1. The summed E-state index contributed by atoms with van der Waals surface area (Å²) >= 11 is 0. The van der Waals surface area contributed by atoms with Gasteiger partial charge >= 0.3 is 12.1 Å². The number of rotatable bonds is 6. The van der Waals surface area contributed by atoms with Gasteiger partial charge in [0.1, 0.15) is 17.1 Å². The first-order chi connectivity index (χ1) is 16.0. The summed E-state index contributed by atoms with van der Waals surface area (Å²) in [5.74, 6) is -1.03. The van der Waals surface area contributed by atoms with Gasteiger partial charge in [-0.25, -0.2) is 4.79 Å². The van der Waals surface area contributed by atoms with Gasteiger partial charge < -0.3 is 19.8 Å². The lowest BCUT2D eigenvalue weighted by Crippen LogP contribution is -2.21. The number of anilines is 2. The molecule has 178 valence electrons. The van der Waals surface area contributed by atoms with Crippen LogP contribution in [0.5, 0.6) is 0 Å². The summed E-state index contributed by atoms with van der Waals surface area (Å²) in [6.07, 6.45) is -4.54. The van der Waals surface area contributed by atoms with Crippen molar-refractivity contribution >= 4 is 29.2 Å². The average Bonchev–Trinajstić information content (AvgIpc) is 3.03. The molecule has 1 heterocycles. The number of nitrogens with one attached hydrogen (secondary N) is 2. The highest BCUT2D eigenvalue weighted by atomic mass is 19.4. The number of carbonyl (C=O) groups excluding carboxylic acids is 3. The molecule has 3 rings (SSSR count). The standard InChI is InChI=1S/C24H21F3N2O5/c1-13-14(2)34-15(3)21(13)23(32)33-12-20(30)28-18-8-4-6-16(10-18)22(31)29-19-9-5-7-17(11-19)24(25,26)27/h4-11H,12H2,1-3H3,(H,28,30)(H,29,31). The molecule has 10 heteroatoms. The van der Waals surface area contributed by atoms with Crippen LogP contribution in [0.25, 0.3) is 0 Å². The minimum atomic E-state index is -4.54. The molecule has 0 spiro atoms. The quantitative estimate of drug-likeness (QED) is 0.475. The van der Waals surface area contributed by atoms with Crippen LogP contribution in [-0.4, -0.2) is 24.4 Å². The number of benzene rings is 2. The van der Waals surface area contributed by atoms with Crippen LogP contribution in [-0.2, 0) is 15.7 Å². The van der Waals surface area contributed by atoms with Crippen molar-refractivity contribution in [1.82, 2.24) is 0 Å². The van der Waals surface area contributed by atoms with E-state index in [4.69, 9.17) is 9.15 Å². The molecule has 0 aliphatic heterocycles. The van der Waals surface area contributed by atoms with Crippen LogP contribution in [0, 0.1) is 20.8 Å². The Balaban J connectivity index is 1.61. The van der Waals surface area contributed by atoms with E-state index in [2.05, 4.69) is 10.6 Å². The first kappa shape index (κ1) is 24.6. The number of alkyl halides is 3. The zero-order valence-corrected chi connectivity index (χ0v) is 18.5. The molecule has 1 aromatic heterocycles. The van der Waals surface area contributed by atoms with E-state index in [1.165, 1.54) is 36.4 Å². The number of furan rings is 1. The van der Waals surface area contributed by atoms with E-state index in [0.717, 1.165) is 12.1 Å². The SMILES string of the molecule is Cc1oc(C)c(C(=O)OCC(=O)Nc2cccc(C(=O)Nc3cccc(C(F)(F)F)c3)c2)c1C. The van der Waals surface area contributed by atoms with Crippen molar-refractivity contribution in [2.45, 2.75) is 26.9 Å². The van der Waals surface area contributed by atoms with E-state index in [9.17, 15) is 27.6 Å². The summed E-state index contributed by atoms with van der Waals surface area (Å²) in [6.45, 7) is 4.47. The molecule has 7 nitrogen and oxygen atoms in total. The molecule has 0 unspecified atom stereocenters. The maximum absolute atomic E-state index is 12.9. The maximum atomic E-state index is 12.9. The molecule has 3 aromatic rings. The number of carbonyl (C=O) groups is 3. The topological polar surface area (TPSA) is 97.6 Å². The van der Waals surface area contributed by atoms with Crippen molar-refractivity contribution in [3.8, 4) is 0 Å². The molecule has 0 saturated heterocycles. The fraction of sp³-hybridized carbons (Fsp3) is 0.208. The largest absolute Gasteiger partial charge is 0.465 e. The molecular formula is C24H21F3N2O5. The first-order valence-corrected chi connectivity index (χ1v) is 10.1. The van der Waals surface area contributed by atoms with E-state index in [1.54, 1.807) is 20.8 Å². The third kappa shape index (κ3) is 5.83. The molecule has 0 aliphatic carbocycles.